The maximum atomic E-state index is 13.7. The summed E-state index contributed by atoms with van der Waals surface area (Å²) in [5, 5.41) is 0. The summed E-state index contributed by atoms with van der Waals surface area (Å²) in [5.41, 5.74) is 0.971. The Labute approximate surface area is 145 Å². The third kappa shape index (κ3) is 3.45. The Bertz CT molecular complexity index is 816. The predicted octanol–water partition coefficient (Wildman–Crippen LogP) is 3.13. The molecule has 2 aromatic heterocycles. The van der Waals surface area contributed by atoms with Crippen LogP contribution < -0.4 is 4.74 Å². The number of hydrogen-bond donors (Lipinski definition) is 0. The molecule has 3 rings (SSSR count). The fraction of sp³-hybridized carbons (Fsp3) is 0.438. The van der Waals surface area contributed by atoms with Crippen LogP contribution in [0.5, 0.6) is 5.88 Å². The summed E-state index contributed by atoms with van der Waals surface area (Å²) in [7, 11) is -3.54. The van der Waals surface area contributed by atoms with Crippen LogP contribution in [0.4, 0.5) is 4.39 Å². The lowest BCUT2D eigenvalue weighted by atomic mass is 10.1. The van der Waals surface area contributed by atoms with Crippen molar-refractivity contribution in [1.29, 1.82) is 0 Å². The summed E-state index contributed by atoms with van der Waals surface area (Å²) >= 11 is 1.28. The van der Waals surface area contributed by atoms with E-state index in [2.05, 4.69) is 4.98 Å². The third-order valence-electron chi connectivity index (χ3n) is 4.08. The van der Waals surface area contributed by atoms with Gasteiger partial charge in [-0.25, -0.2) is 17.8 Å². The van der Waals surface area contributed by atoms with Gasteiger partial charge in [0.15, 0.2) is 5.82 Å². The van der Waals surface area contributed by atoms with Gasteiger partial charge in [0, 0.05) is 17.6 Å². The van der Waals surface area contributed by atoms with Crippen LogP contribution >= 0.6 is 11.3 Å². The van der Waals surface area contributed by atoms with E-state index < -0.39 is 21.9 Å². The van der Waals surface area contributed by atoms with E-state index in [9.17, 15) is 12.8 Å². The molecule has 1 atom stereocenters. The molecule has 1 saturated heterocycles. The summed E-state index contributed by atoms with van der Waals surface area (Å²) in [4.78, 5) is 4.86. The zero-order valence-corrected chi connectivity index (χ0v) is 15.2. The minimum atomic E-state index is -3.54. The topological polar surface area (TPSA) is 59.5 Å². The molecular weight excluding hydrogens is 351 g/mol. The number of rotatable bonds is 4. The zero-order valence-electron chi connectivity index (χ0n) is 13.5. The average Bonchev–Trinajstić information content (AvgIpc) is 2.90. The second-order valence-corrected chi connectivity index (χ2v) is 9.26. The van der Waals surface area contributed by atoms with Crippen molar-refractivity contribution in [2.75, 3.05) is 13.1 Å². The number of hydrogen-bond acceptors (Lipinski definition) is 5. The lowest BCUT2D eigenvalue weighted by Crippen LogP contribution is -2.44. The molecule has 0 aliphatic carbocycles. The van der Waals surface area contributed by atoms with Crippen LogP contribution in [0, 0.1) is 19.7 Å². The first-order valence-corrected chi connectivity index (χ1v) is 9.98. The van der Waals surface area contributed by atoms with E-state index >= 15 is 0 Å². The molecule has 0 N–H and O–H groups in total. The van der Waals surface area contributed by atoms with Gasteiger partial charge in [0.25, 0.3) is 15.9 Å². The lowest BCUT2D eigenvalue weighted by Gasteiger charge is -2.31. The van der Waals surface area contributed by atoms with Gasteiger partial charge in [0.2, 0.25) is 0 Å². The molecule has 0 bridgehead atoms. The van der Waals surface area contributed by atoms with Crippen LogP contribution in [0.2, 0.25) is 0 Å². The van der Waals surface area contributed by atoms with Crippen LogP contribution in [-0.2, 0) is 10.0 Å². The number of aromatic nitrogens is 1. The zero-order chi connectivity index (χ0) is 17.3. The summed E-state index contributed by atoms with van der Waals surface area (Å²) in [6, 6.07) is 4.47. The van der Waals surface area contributed by atoms with Gasteiger partial charge in [-0.2, -0.15) is 4.31 Å². The molecule has 8 heteroatoms. The van der Waals surface area contributed by atoms with Gasteiger partial charge >= 0.3 is 0 Å². The van der Waals surface area contributed by atoms with E-state index in [-0.39, 0.29) is 12.4 Å². The molecule has 0 amide bonds. The first-order chi connectivity index (χ1) is 11.4. The van der Waals surface area contributed by atoms with Crippen molar-refractivity contribution < 1.29 is 17.5 Å². The van der Waals surface area contributed by atoms with E-state index in [1.165, 1.54) is 34.0 Å². The fourth-order valence-corrected chi connectivity index (χ4v) is 5.81. The highest BCUT2D eigenvalue weighted by Gasteiger charge is 2.32. The molecule has 0 saturated carbocycles. The average molecular weight is 370 g/mol. The normalized spacial score (nSPS) is 19.4. The van der Waals surface area contributed by atoms with Crippen molar-refractivity contribution in [3.63, 3.8) is 0 Å². The number of nitrogens with zero attached hydrogens (tertiary/aromatic N) is 2. The standard InChI is InChI=1S/C16H19FN2O3S2/c1-11-9-15(23-12(11)2)24(20,21)19-8-4-5-13(10-19)22-16-14(17)6-3-7-18-16/h3,6-7,9,13H,4-5,8,10H2,1-2H3. The Morgan fingerprint density at radius 3 is 2.88 bits per heavy atom. The molecule has 0 spiro atoms. The summed E-state index contributed by atoms with van der Waals surface area (Å²) < 4.78 is 46.6. The van der Waals surface area contributed by atoms with Gasteiger partial charge in [0.05, 0.1) is 6.54 Å². The number of pyridine rings is 1. The van der Waals surface area contributed by atoms with Crippen LogP contribution in [-0.4, -0.2) is 36.9 Å². The second kappa shape index (κ2) is 6.78. The number of halogens is 1. The summed E-state index contributed by atoms with van der Waals surface area (Å²) in [6.07, 6.45) is 2.39. The maximum absolute atomic E-state index is 13.7. The smallest absolute Gasteiger partial charge is 0.252 e. The SMILES string of the molecule is Cc1cc(S(=O)(=O)N2CCCC(Oc3ncccc3F)C2)sc1C. The van der Waals surface area contributed by atoms with Crippen molar-refractivity contribution in [2.45, 2.75) is 37.0 Å². The highest BCUT2D eigenvalue weighted by molar-refractivity contribution is 7.91. The highest BCUT2D eigenvalue weighted by atomic mass is 32.2. The molecule has 5 nitrogen and oxygen atoms in total. The van der Waals surface area contributed by atoms with Crippen molar-refractivity contribution in [2.24, 2.45) is 0 Å². The van der Waals surface area contributed by atoms with Crippen molar-refractivity contribution in [3.05, 3.63) is 40.7 Å². The Kier molecular flexibility index (Phi) is 4.89. The van der Waals surface area contributed by atoms with E-state index in [4.69, 9.17) is 4.74 Å². The van der Waals surface area contributed by atoms with Crippen LogP contribution in [0.25, 0.3) is 0 Å². The lowest BCUT2D eigenvalue weighted by molar-refractivity contribution is 0.119. The van der Waals surface area contributed by atoms with Gasteiger partial charge in [-0.05, 0) is 50.5 Å². The largest absolute Gasteiger partial charge is 0.471 e. The summed E-state index contributed by atoms with van der Waals surface area (Å²) in [5.74, 6) is -0.619. The van der Waals surface area contributed by atoms with Crippen LogP contribution in [0.15, 0.2) is 28.6 Å². The monoisotopic (exact) mass is 370 g/mol. The van der Waals surface area contributed by atoms with Gasteiger partial charge < -0.3 is 4.74 Å². The van der Waals surface area contributed by atoms with Crippen molar-refractivity contribution in [1.82, 2.24) is 9.29 Å². The molecule has 0 radical (unpaired) electrons. The number of thiophene rings is 1. The summed E-state index contributed by atoms with van der Waals surface area (Å²) in [6.45, 7) is 4.46. The number of ether oxygens (including phenoxy) is 1. The molecular formula is C16H19FN2O3S2. The van der Waals surface area contributed by atoms with Gasteiger partial charge in [-0.3, -0.25) is 0 Å². The van der Waals surface area contributed by atoms with E-state index in [0.717, 1.165) is 10.4 Å². The van der Waals surface area contributed by atoms with E-state index in [0.29, 0.717) is 23.6 Å². The first kappa shape index (κ1) is 17.3. The van der Waals surface area contributed by atoms with Crippen molar-refractivity contribution in [3.8, 4) is 5.88 Å². The van der Waals surface area contributed by atoms with Gasteiger partial charge in [-0.1, -0.05) is 0 Å². The Morgan fingerprint density at radius 1 is 1.42 bits per heavy atom. The molecule has 0 aromatic carbocycles. The van der Waals surface area contributed by atoms with Crippen LogP contribution in [0.3, 0.4) is 0 Å². The molecule has 1 unspecified atom stereocenters. The van der Waals surface area contributed by atoms with Gasteiger partial charge in [-0.15, -0.1) is 11.3 Å². The number of sulfonamides is 1. The van der Waals surface area contributed by atoms with Crippen LogP contribution in [0.1, 0.15) is 23.3 Å². The van der Waals surface area contributed by atoms with Crippen molar-refractivity contribution >= 4 is 21.4 Å². The second-order valence-electron chi connectivity index (χ2n) is 5.84. The molecule has 2 aromatic rings. The quantitative estimate of drug-likeness (QED) is 0.830. The minimum Gasteiger partial charge on any atom is -0.471 e. The molecule has 3 heterocycles. The molecule has 130 valence electrons. The molecule has 24 heavy (non-hydrogen) atoms. The fourth-order valence-electron chi connectivity index (χ4n) is 2.63. The minimum absolute atomic E-state index is 0.0791. The first-order valence-electron chi connectivity index (χ1n) is 7.72. The molecule has 1 aliphatic heterocycles. The predicted molar refractivity (Wildman–Crippen MR) is 90.4 cm³/mol. The Hall–Kier alpha value is -1.51. The van der Waals surface area contributed by atoms with Gasteiger partial charge in [0.1, 0.15) is 10.3 Å². The van der Waals surface area contributed by atoms with E-state index in [1.807, 2.05) is 13.8 Å². The number of aryl methyl sites for hydroxylation is 2. The number of piperidine rings is 1. The Morgan fingerprint density at radius 2 is 2.21 bits per heavy atom. The van der Waals surface area contributed by atoms with E-state index in [1.54, 1.807) is 6.07 Å². The molecule has 1 aliphatic rings. The maximum Gasteiger partial charge on any atom is 0.252 e. The third-order valence-corrected chi connectivity index (χ3v) is 7.55. The Balaban J connectivity index is 1.76. The highest BCUT2D eigenvalue weighted by Crippen LogP contribution is 2.30. The molecule has 1 fully saturated rings.